The van der Waals surface area contributed by atoms with Gasteiger partial charge in [-0.05, 0) is 30.3 Å². The van der Waals surface area contributed by atoms with Crippen molar-refractivity contribution in [1.82, 2.24) is 10.5 Å². The van der Waals surface area contributed by atoms with E-state index in [2.05, 4.69) is 15.8 Å². The van der Waals surface area contributed by atoms with Crippen LogP contribution in [0, 0.1) is 0 Å². The number of halogens is 2. The molecule has 1 heterocycles. The molecule has 25 heavy (non-hydrogen) atoms. The fourth-order valence-corrected chi connectivity index (χ4v) is 2.58. The average Bonchev–Trinajstić information content (AvgIpc) is 2.99. The van der Waals surface area contributed by atoms with Gasteiger partial charge in [0.05, 0.1) is 23.7 Å². The van der Waals surface area contributed by atoms with Gasteiger partial charge in [-0.25, -0.2) is 0 Å². The molecule has 0 aliphatic rings. The second-order valence-corrected chi connectivity index (χ2v) is 6.09. The normalized spacial score (nSPS) is 10.6. The molecule has 0 saturated carbocycles. The number of para-hydroxylation sites is 1. The second-order valence-electron chi connectivity index (χ2n) is 5.25. The SMILES string of the molecule is O=C(Cc1noc2ccccc12)NCC(=O)Nc1cc(Cl)ccc1Cl. The summed E-state index contributed by atoms with van der Waals surface area (Å²) in [6.07, 6.45) is 0.0161. The van der Waals surface area contributed by atoms with E-state index in [-0.39, 0.29) is 18.9 Å². The highest BCUT2D eigenvalue weighted by Gasteiger charge is 2.13. The zero-order valence-electron chi connectivity index (χ0n) is 12.9. The zero-order chi connectivity index (χ0) is 17.8. The molecule has 128 valence electrons. The van der Waals surface area contributed by atoms with Gasteiger partial charge in [0.1, 0.15) is 5.69 Å². The van der Waals surface area contributed by atoms with E-state index in [0.29, 0.717) is 27.0 Å². The average molecular weight is 378 g/mol. The van der Waals surface area contributed by atoms with Crippen molar-refractivity contribution in [2.24, 2.45) is 0 Å². The Balaban J connectivity index is 1.55. The Morgan fingerprint density at radius 2 is 1.88 bits per heavy atom. The minimum atomic E-state index is -0.414. The number of aromatic nitrogens is 1. The van der Waals surface area contributed by atoms with Crippen LogP contribution in [-0.2, 0) is 16.0 Å². The minimum Gasteiger partial charge on any atom is -0.356 e. The van der Waals surface area contributed by atoms with Crippen molar-refractivity contribution in [2.45, 2.75) is 6.42 Å². The molecule has 3 rings (SSSR count). The first-order valence-corrected chi connectivity index (χ1v) is 8.13. The smallest absolute Gasteiger partial charge is 0.243 e. The fraction of sp³-hybridized carbons (Fsp3) is 0.118. The number of carbonyl (C=O) groups excluding carboxylic acids is 2. The summed E-state index contributed by atoms with van der Waals surface area (Å²) in [6.45, 7) is -0.197. The number of nitrogens with one attached hydrogen (secondary N) is 2. The number of carbonyl (C=O) groups is 2. The number of anilines is 1. The number of rotatable bonds is 5. The van der Waals surface area contributed by atoms with Crippen LogP contribution in [0.25, 0.3) is 11.0 Å². The fourth-order valence-electron chi connectivity index (χ4n) is 2.25. The van der Waals surface area contributed by atoms with E-state index in [1.165, 1.54) is 6.07 Å². The molecular formula is C17H13Cl2N3O3. The van der Waals surface area contributed by atoms with E-state index in [9.17, 15) is 9.59 Å². The van der Waals surface area contributed by atoms with Crippen LogP contribution >= 0.6 is 23.2 Å². The molecule has 0 radical (unpaired) electrons. The van der Waals surface area contributed by atoms with E-state index in [1.807, 2.05) is 18.2 Å². The van der Waals surface area contributed by atoms with Gasteiger partial charge in [-0.2, -0.15) is 0 Å². The van der Waals surface area contributed by atoms with E-state index in [4.69, 9.17) is 27.7 Å². The molecule has 3 aromatic rings. The molecule has 0 saturated heterocycles. The molecule has 2 N–H and O–H groups in total. The monoisotopic (exact) mass is 377 g/mol. The summed E-state index contributed by atoms with van der Waals surface area (Å²) in [7, 11) is 0. The third kappa shape index (κ3) is 4.29. The Hall–Kier alpha value is -2.57. The first-order chi connectivity index (χ1) is 12.0. The summed E-state index contributed by atoms with van der Waals surface area (Å²) in [4.78, 5) is 23.9. The Morgan fingerprint density at radius 1 is 1.08 bits per heavy atom. The van der Waals surface area contributed by atoms with E-state index < -0.39 is 5.91 Å². The van der Waals surface area contributed by atoms with Gasteiger partial charge < -0.3 is 15.2 Å². The molecule has 0 spiro atoms. The number of amides is 2. The minimum absolute atomic E-state index is 0.0161. The van der Waals surface area contributed by atoms with Crippen molar-refractivity contribution in [3.63, 3.8) is 0 Å². The molecule has 2 aromatic carbocycles. The van der Waals surface area contributed by atoms with E-state index in [0.717, 1.165) is 5.39 Å². The van der Waals surface area contributed by atoms with Crippen LogP contribution in [0.4, 0.5) is 5.69 Å². The van der Waals surface area contributed by atoms with Crippen LogP contribution in [0.5, 0.6) is 0 Å². The summed E-state index contributed by atoms with van der Waals surface area (Å²) in [6, 6.07) is 12.0. The van der Waals surface area contributed by atoms with Gasteiger partial charge in [-0.1, -0.05) is 40.5 Å². The van der Waals surface area contributed by atoms with Crippen molar-refractivity contribution in [1.29, 1.82) is 0 Å². The summed E-state index contributed by atoms with van der Waals surface area (Å²) in [5, 5.41) is 10.6. The standard InChI is InChI=1S/C17H13Cl2N3O3/c18-10-5-6-12(19)14(7-10)21-17(24)9-20-16(23)8-13-11-3-1-2-4-15(11)25-22-13/h1-7H,8-9H2,(H,20,23)(H,21,24). The number of hydrogen-bond acceptors (Lipinski definition) is 4. The van der Waals surface area contributed by atoms with Gasteiger partial charge >= 0.3 is 0 Å². The molecule has 6 nitrogen and oxygen atoms in total. The summed E-state index contributed by atoms with van der Waals surface area (Å²) < 4.78 is 5.14. The van der Waals surface area contributed by atoms with Crippen molar-refractivity contribution in [3.8, 4) is 0 Å². The molecule has 0 aliphatic heterocycles. The first-order valence-electron chi connectivity index (χ1n) is 7.38. The number of hydrogen-bond donors (Lipinski definition) is 2. The topological polar surface area (TPSA) is 84.2 Å². The molecule has 2 amide bonds. The Bertz CT molecular complexity index is 940. The molecule has 1 aromatic heterocycles. The highest BCUT2D eigenvalue weighted by molar-refractivity contribution is 6.35. The number of benzene rings is 2. The van der Waals surface area contributed by atoms with Crippen molar-refractivity contribution >= 4 is 51.7 Å². The van der Waals surface area contributed by atoms with Gasteiger partial charge in [-0.15, -0.1) is 0 Å². The van der Waals surface area contributed by atoms with Crippen LogP contribution in [0.2, 0.25) is 10.0 Å². The van der Waals surface area contributed by atoms with Gasteiger partial charge in [0.15, 0.2) is 5.58 Å². The van der Waals surface area contributed by atoms with Gasteiger partial charge in [0.25, 0.3) is 0 Å². The third-order valence-electron chi connectivity index (χ3n) is 3.43. The molecular weight excluding hydrogens is 365 g/mol. The van der Waals surface area contributed by atoms with E-state index in [1.54, 1.807) is 18.2 Å². The zero-order valence-corrected chi connectivity index (χ0v) is 14.4. The lowest BCUT2D eigenvalue weighted by molar-refractivity contribution is -0.123. The van der Waals surface area contributed by atoms with Crippen molar-refractivity contribution in [3.05, 3.63) is 58.2 Å². The first kappa shape index (κ1) is 17.3. The van der Waals surface area contributed by atoms with Crippen LogP contribution in [0.3, 0.4) is 0 Å². The van der Waals surface area contributed by atoms with Gasteiger partial charge in [-0.3, -0.25) is 9.59 Å². The van der Waals surface area contributed by atoms with Crippen molar-refractivity contribution in [2.75, 3.05) is 11.9 Å². The lowest BCUT2D eigenvalue weighted by Crippen LogP contribution is -2.33. The molecule has 0 aliphatic carbocycles. The second kappa shape index (κ2) is 7.55. The quantitative estimate of drug-likeness (QED) is 0.713. The maximum Gasteiger partial charge on any atom is 0.243 e. The van der Waals surface area contributed by atoms with Crippen molar-refractivity contribution < 1.29 is 14.1 Å². The Kier molecular flexibility index (Phi) is 5.21. The maximum atomic E-state index is 12.0. The van der Waals surface area contributed by atoms with Crippen LogP contribution in [-0.4, -0.2) is 23.5 Å². The highest BCUT2D eigenvalue weighted by Crippen LogP contribution is 2.25. The predicted octanol–water partition coefficient (Wildman–Crippen LogP) is 3.43. The van der Waals surface area contributed by atoms with Gasteiger partial charge in [0.2, 0.25) is 11.8 Å². The molecule has 0 bridgehead atoms. The molecule has 8 heteroatoms. The number of fused-ring (bicyclic) bond motifs is 1. The predicted molar refractivity (Wildman–Crippen MR) is 95.8 cm³/mol. The molecule has 0 atom stereocenters. The molecule has 0 unspecified atom stereocenters. The summed E-state index contributed by atoms with van der Waals surface area (Å²) in [5.41, 5.74) is 1.51. The largest absolute Gasteiger partial charge is 0.356 e. The lowest BCUT2D eigenvalue weighted by Gasteiger charge is -2.08. The van der Waals surface area contributed by atoms with Gasteiger partial charge in [0, 0.05) is 10.4 Å². The Morgan fingerprint density at radius 3 is 2.72 bits per heavy atom. The Labute approximate surface area is 153 Å². The third-order valence-corrected chi connectivity index (χ3v) is 3.99. The van der Waals surface area contributed by atoms with E-state index >= 15 is 0 Å². The van der Waals surface area contributed by atoms with Crippen LogP contribution in [0.1, 0.15) is 5.69 Å². The maximum absolute atomic E-state index is 12.0. The van der Waals surface area contributed by atoms with Crippen LogP contribution < -0.4 is 10.6 Å². The van der Waals surface area contributed by atoms with Crippen LogP contribution in [0.15, 0.2) is 47.0 Å². The molecule has 0 fully saturated rings. The summed E-state index contributed by atoms with van der Waals surface area (Å²) >= 11 is 11.8. The lowest BCUT2D eigenvalue weighted by atomic mass is 10.1. The highest BCUT2D eigenvalue weighted by atomic mass is 35.5. The summed E-state index contributed by atoms with van der Waals surface area (Å²) in [5.74, 6) is -0.756. The number of nitrogens with zero attached hydrogens (tertiary/aromatic N) is 1.